The summed E-state index contributed by atoms with van der Waals surface area (Å²) in [6.07, 6.45) is 0. The molecular formula is C25H24N2O6. The maximum Gasteiger partial charge on any atom is 0.337 e. The van der Waals surface area contributed by atoms with Crippen molar-refractivity contribution in [3.05, 3.63) is 81.2 Å². The molecule has 2 aliphatic heterocycles. The van der Waals surface area contributed by atoms with Crippen molar-refractivity contribution >= 4 is 22.8 Å². The zero-order chi connectivity index (χ0) is 22.9. The number of benzene rings is 2. The number of rotatable bonds is 5. The number of carbonyl (C=O) groups is 2. The average Bonchev–Trinajstić information content (AvgIpc) is 3.14. The summed E-state index contributed by atoms with van der Waals surface area (Å²) in [5.74, 6) is -0.662. The Morgan fingerprint density at radius 1 is 1.03 bits per heavy atom. The molecule has 2 aromatic carbocycles. The fraction of sp³-hybridized carbons (Fsp3) is 0.320. The summed E-state index contributed by atoms with van der Waals surface area (Å²) in [6, 6.07) is 13.2. The summed E-state index contributed by atoms with van der Waals surface area (Å²) in [6.45, 7) is 4.02. The van der Waals surface area contributed by atoms with Crippen LogP contribution in [0.3, 0.4) is 0 Å². The van der Waals surface area contributed by atoms with Crippen molar-refractivity contribution in [2.45, 2.75) is 6.04 Å². The summed E-state index contributed by atoms with van der Waals surface area (Å²) < 4.78 is 16.2. The molecule has 170 valence electrons. The molecule has 8 heteroatoms. The molecule has 3 aromatic rings. The highest BCUT2D eigenvalue weighted by molar-refractivity contribution is 5.99. The van der Waals surface area contributed by atoms with Gasteiger partial charge in [0.15, 0.2) is 5.43 Å². The molecule has 8 nitrogen and oxygen atoms in total. The zero-order valence-electron chi connectivity index (χ0n) is 18.3. The molecule has 1 aromatic heterocycles. The lowest BCUT2D eigenvalue weighted by Gasteiger charge is -2.31. The fourth-order valence-corrected chi connectivity index (χ4v) is 4.54. The number of ether oxygens (including phenoxy) is 2. The molecule has 0 N–H and O–H groups in total. The molecule has 0 radical (unpaired) electrons. The highest BCUT2D eigenvalue weighted by Crippen LogP contribution is 2.38. The number of nitrogens with zero attached hydrogens (tertiary/aromatic N) is 2. The van der Waals surface area contributed by atoms with Crippen LogP contribution in [0.15, 0.2) is 57.7 Å². The monoisotopic (exact) mass is 448 g/mol. The summed E-state index contributed by atoms with van der Waals surface area (Å²) in [5, 5.41) is 0.440. The Labute approximate surface area is 190 Å². The second-order valence-electron chi connectivity index (χ2n) is 8.14. The van der Waals surface area contributed by atoms with Crippen LogP contribution in [0.4, 0.5) is 0 Å². The predicted molar refractivity (Wildman–Crippen MR) is 120 cm³/mol. The third-order valence-corrected chi connectivity index (χ3v) is 6.28. The molecule has 1 fully saturated rings. The summed E-state index contributed by atoms with van der Waals surface area (Å²) in [5.41, 5.74) is 1.66. The van der Waals surface area contributed by atoms with E-state index in [0.717, 1.165) is 18.7 Å². The van der Waals surface area contributed by atoms with Crippen LogP contribution in [-0.4, -0.2) is 68.2 Å². The lowest BCUT2D eigenvalue weighted by Crippen LogP contribution is -2.42. The molecule has 5 rings (SSSR count). The van der Waals surface area contributed by atoms with Gasteiger partial charge in [-0.15, -0.1) is 0 Å². The van der Waals surface area contributed by atoms with E-state index in [4.69, 9.17) is 13.9 Å². The van der Waals surface area contributed by atoms with Crippen LogP contribution in [0.1, 0.15) is 38.1 Å². The smallest absolute Gasteiger partial charge is 0.337 e. The highest BCUT2D eigenvalue weighted by atomic mass is 16.5. The van der Waals surface area contributed by atoms with E-state index in [1.807, 2.05) is 0 Å². The zero-order valence-corrected chi connectivity index (χ0v) is 18.3. The molecule has 0 aliphatic carbocycles. The van der Waals surface area contributed by atoms with Gasteiger partial charge in [-0.3, -0.25) is 14.5 Å². The minimum Gasteiger partial charge on any atom is -0.465 e. The van der Waals surface area contributed by atoms with Gasteiger partial charge in [-0.05, 0) is 29.8 Å². The first-order chi connectivity index (χ1) is 16.1. The van der Waals surface area contributed by atoms with E-state index >= 15 is 0 Å². The molecule has 0 bridgehead atoms. The summed E-state index contributed by atoms with van der Waals surface area (Å²) >= 11 is 0. The van der Waals surface area contributed by atoms with E-state index in [1.54, 1.807) is 53.4 Å². The van der Waals surface area contributed by atoms with Crippen molar-refractivity contribution in [1.82, 2.24) is 9.80 Å². The van der Waals surface area contributed by atoms with Crippen LogP contribution in [0.5, 0.6) is 0 Å². The quantitative estimate of drug-likeness (QED) is 0.554. The first-order valence-corrected chi connectivity index (χ1v) is 10.9. The second kappa shape index (κ2) is 8.80. The van der Waals surface area contributed by atoms with Crippen molar-refractivity contribution in [3.8, 4) is 0 Å². The van der Waals surface area contributed by atoms with Gasteiger partial charge >= 0.3 is 5.97 Å². The molecule has 0 unspecified atom stereocenters. The third kappa shape index (κ3) is 3.81. The molecule has 0 spiro atoms. The normalized spacial score (nSPS) is 18.5. The molecule has 1 atom stereocenters. The highest BCUT2D eigenvalue weighted by Gasteiger charge is 2.42. The third-order valence-electron chi connectivity index (χ3n) is 6.28. The minimum atomic E-state index is -0.596. The van der Waals surface area contributed by atoms with Gasteiger partial charge in [0.25, 0.3) is 5.91 Å². The van der Waals surface area contributed by atoms with E-state index in [1.165, 1.54) is 7.11 Å². The largest absolute Gasteiger partial charge is 0.465 e. The Kier molecular flexibility index (Phi) is 5.70. The number of carbonyl (C=O) groups excluding carboxylic acids is 2. The number of fused-ring (bicyclic) bond motifs is 2. The van der Waals surface area contributed by atoms with Crippen molar-refractivity contribution in [2.75, 3.05) is 46.5 Å². The number of para-hydroxylation sites is 1. The minimum absolute atomic E-state index is 0.0859. The van der Waals surface area contributed by atoms with Gasteiger partial charge in [0.2, 0.25) is 5.76 Å². The predicted octanol–water partition coefficient (Wildman–Crippen LogP) is 2.46. The first-order valence-electron chi connectivity index (χ1n) is 10.9. The number of hydrogen-bond acceptors (Lipinski definition) is 7. The van der Waals surface area contributed by atoms with Crippen molar-refractivity contribution in [1.29, 1.82) is 0 Å². The molecule has 2 aliphatic rings. The Balaban J connectivity index is 1.57. The number of morpholine rings is 1. The van der Waals surface area contributed by atoms with E-state index in [9.17, 15) is 14.4 Å². The van der Waals surface area contributed by atoms with Crippen LogP contribution < -0.4 is 5.43 Å². The lowest BCUT2D eigenvalue weighted by atomic mass is 9.97. The van der Waals surface area contributed by atoms with Gasteiger partial charge in [-0.1, -0.05) is 24.3 Å². The SMILES string of the molecule is COC(=O)c1ccc([C@@H]2c3c(oc4ccccc4c3=O)C(=O)N2CCN2CCOCC2)cc1. The second-order valence-corrected chi connectivity index (χ2v) is 8.14. The average molecular weight is 448 g/mol. The van der Waals surface area contributed by atoms with E-state index in [-0.39, 0.29) is 17.1 Å². The van der Waals surface area contributed by atoms with Crippen LogP contribution in [0, 0.1) is 0 Å². The number of hydrogen-bond donors (Lipinski definition) is 0. The number of methoxy groups -OCH3 is 1. The molecule has 0 saturated carbocycles. The van der Waals surface area contributed by atoms with Crippen LogP contribution >= 0.6 is 0 Å². The van der Waals surface area contributed by atoms with Crippen molar-refractivity contribution < 1.29 is 23.5 Å². The molecule has 3 heterocycles. The maximum absolute atomic E-state index is 13.5. The van der Waals surface area contributed by atoms with Gasteiger partial charge < -0.3 is 18.8 Å². The number of esters is 1. The van der Waals surface area contributed by atoms with Crippen molar-refractivity contribution in [2.24, 2.45) is 0 Å². The van der Waals surface area contributed by atoms with Crippen LogP contribution in [0.25, 0.3) is 11.0 Å². The van der Waals surface area contributed by atoms with E-state index in [2.05, 4.69) is 4.90 Å². The topological polar surface area (TPSA) is 89.3 Å². The van der Waals surface area contributed by atoms with Gasteiger partial charge in [0, 0.05) is 26.2 Å². The van der Waals surface area contributed by atoms with Crippen molar-refractivity contribution in [3.63, 3.8) is 0 Å². The fourth-order valence-electron chi connectivity index (χ4n) is 4.54. The Morgan fingerprint density at radius 2 is 1.76 bits per heavy atom. The first kappa shape index (κ1) is 21.4. The van der Waals surface area contributed by atoms with Gasteiger partial charge in [-0.25, -0.2) is 4.79 Å². The lowest BCUT2D eigenvalue weighted by molar-refractivity contribution is 0.0314. The standard InChI is InChI=1S/C25H24N2O6/c1-31-25(30)17-8-6-16(7-9-17)21-20-22(28)18-4-2-3-5-19(18)33-23(20)24(29)27(21)11-10-26-12-14-32-15-13-26/h2-9,21H,10-15H2,1H3/t21-/m1/s1. The van der Waals surface area contributed by atoms with Gasteiger partial charge in [0.05, 0.1) is 42.9 Å². The van der Waals surface area contributed by atoms with Crippen LogP contribution in [-0.2, 0) is 9.47 Å². The number of amides is 1. The summed E-state index contributed by atoms with van der Waals surface area (Å²) in [7, 11) is 1.33. The Morgan fingerprint density at radius 3 is 2.48 bits per heavy atom. The van der Waals surface area contributed by atoms with Gasteiger partial charge in [0.1, 0.15) is 5.58 Å². The molecule has 1 saturated heterocycles. The molecular weight excluding hydrogens is 424 g/mol. The Bertz CT molecular complexity index is 1260. The van der Waals surface area contributed by atoms with E-state index in [0.29, 0.717) is 48.4 Å². The van der Waals surface area contributed by atoms with Gasteiger partial charge in [-0.2, -0.15) is 0 Å². The maximum atomic E-state index is 13.5. The molecule has 1 amide bonds. The summed E-state index contributed by atoms with van der Waals surface area (Å²) in [4.78, 5) is 42.7. The van der Waals surface area contributed by atoms with Crippen LogP contribution in [0.2, 0.25) is 0 Å². The Hall–Kier alpha value is -3.49. The molecule has 33 heavy (non-hydrogen) atoms. The van der Waals surface area contributed by atoms with E-state index < -0.39 is 12.0 Å².